The van der Waals surface area contributed by atoms with Crippen molar-refractivity contribution in [3.63, 3.8) is 0 Å². The number of pyridine rings is 1. The van der Waals surface area contributed by atoms with Crippen LogP contribution in [-0.4, -0.2) is 26.0 Å². The van der Waals surface area contributed by atoms with E-state index in [2.05, 4.69) is 19.2 Å². The van der Waals surface area contributed by atoms with Gasteiger partial charge in [-0.25, -0.2) is 8.42 Å². The lowest BCUT2D eigenvalue weighted by Crippen LogP contribution is -2.33. The summed E-state index contributed by atoms with van der Waals surface area (Å²) in [6.45, 7) is 7.05. The highest BCUT2D eigenvalue weighted by molar-refractivity contribution is 7.91. The number of nitrogens with one attached hydrogen (secondary N) is 1. The Labute approximate surface area is 210 Å². The first-order valence-corrected chi connectivity index (χ1v) is 13.0. The number of rotatable bonds is 8. The Hall–Kier alpha value is -3.10. The van der Waals surface area contributed by atoms with Gasteiger partial charge in [0.05, 0.1) is 17.0 Å². The number of anilines is 1. The van der Waals surface area contributed by atoms with Crippen LogP contribution in [0.15, 0.2) is 63.1 Å². The lowest BCUT2D eigenvalue weighted by molar-refractivity contribution is -0.116. The highest BCUT2D eigenvalue weighted by Crippen LogP contribution is 2.27. The number of nitrogens with zero attached hydrogens (tertiary/aromatic N) is 1. The lowest BCUT2D eigenvalue weighted by Gasteiger charge is -2.15. The number of halogens is 1. The van der Waals surface area contributed by atoms with Crippen LogP contribution in [-0.2, 0) is 27.6 Å². The first-order valence-electron chi connectivity index (χ1n) is 11.1. The molecule has 1 N–H and O–H groups in total. The fourth-order valence-electron chi connectivity index (χ4n) is 3.91. The van der Waals surface area contributed by atoms with Gasteiger partial charge in [-0.3, -0.25) is 9.59 Å². The van der Waals surface area contributed by atoms with Gasteiger partial charge in [-0.2, -0.15) is 0 Å². The summed E-state index contributed by atoms with van der Waals surface area (Å²) in [7, 11) is -2.61. The summed E-state index contributed by atoms with van der Waals surface area (Å²) >= 11 is 6.11. The number of aryl methyl sites for hydroxylation is 2. The second-order valence-electron chi connectivity index (χ2n) is 8.83. The molecule has 0 radical (unpaired) electrons. The average molecular weight is 517 g/mol. The number of amides is 1. The molecular weight excluding hydrogens is 488 g/mol. The second kappa shape index (κ2) is 10.7. The van der Waals surface area contributed by atoms with Crippen LogP contribution in [0.5, 0.6) is 5.75 Å². The Balaban J connectivity index is 1.93. The highest BCUT2D eigenvalue weighted by Gasteiger charge is 2.26. The molecular formula is C26H29ClN2O5S. The normalized spacial score (nSPS) is 11.5. The maximum Gasteiger partial charge on any atom is 0.270 e. The Morgan fingerprint density at radius 1 is 1.09 bits per heavy atom. The van der Waals surface area contributed by atoms with E-state index in [1.54, 1.807) is 44.2 Å². The molecule has 35 heavy (non-hydrogen) atoms. The minimum atomic E-state index is -4.09. The van der Waals surface area contributed by atoms with Gasteiger partial charge in [-0.15, -0.1) is 0 Å². The molecule has 0 aliphatic heterocycles. The minimum absolute atomic E-state index is 0.0398. The fourth-order valence-corrected chi connectivity index (χ4v) is 5.72. The maximum atomic E-state index is 13.4. The molecule has 0 unspecified atom stereocenters. The van der Waals surface area contributed by atoms with Crippen molar-refractivity contribution in [1.29, 1.82) is 0 Å². The van der Waals surface area contributed by atoms with Gasteiger partial charge in [0.15, 0.2) is 0 Å². The molecule has 2 aromatic carbocycles. The van der Waals surface area contributed by atoms with Gasteiger partial charge >= 0.3 is 0 Å². The Morgan fingerprint density at radius 3 is 2.31 bits per heavy atom. The third-order valence-electron chi connectivity index (χ3n) is 5.53. The topological polar surface area (TPSA) is 94.5 Å². The number of hydrogen-bond acceptors (Lipinski definition) is 5. The van der Waals surface area contributed by atoms with Gasteiger partial charge in [0, 0.05) is 11.4 Å². The Kier molecular flexibility index (Phi) is 8.07. The van der Waals surface area contributed by atoms with Crippen molar-refractivity contribution < 1.29 is 17.9 Å². The summed E-state index contributed by atoms with van der Waals surface area (Å²) in [4.78, 5) is 25.7. The van der Waals surface area contributed by atoms with Crippen LogP contribution in [0, 0.1) is 19.8 Å². The van der Waals surface area contributed by atoms with Crippen molar-refractivity contribution in [2.75, 3.05) is 12.4 Å². The number of carbonyl (C=O) groups is 1. The predicted octanol–water partition coefficient (Wildman–Crippen LogP) is 4.80. The van der Waals surface area contributed by atoms with E-state index < -0.39 is 21.3 Å². The minimum Gasteiger partial charge on any atom is -0.495 e. The first kappa shape index (κ1) is 26.5. The van der Waals surface area contributed by atoms with Crippen LogP contribution in [0.1, 0.15) is 30.7 Å². The molecule has 0 aliphatic carbocycles. The summed E-state index contributed by atoms with van der Waals surface area (Å²) in [5.41, 5.74) is 1.51. The largest absolute Gasteiger partial charge is 0.495 e. The van der Waals surface area contributed by atoms with Crippen molar-refractivity contribution >= 4 is 33.0 Å². The number of ether oxygens (including phenoxy) is 1. The van der Waals surface area contributed by atoms with Crippen LogP contribution in [0.2, 0.25) is 5.02 Å². The summed E-state index contributed by atoms with van der Waals surface area (Å²) in [5, 5.41) is 3.00. The molecule has 0 aliphatic rings. The third-order valence-corrected chi connectivity index (χ3v) is 7.75. The zero-order valence-corrected chi connectivity index (χ0v) is 22.0. The fraction of sp³-hybridized carbons (Fsp3) is 0.308. The van der Waals surface area contributed by atoms with Crippen molar-refractivity contribution in [2.45, 2.75) is 50.5 Å². The van der Waals surface area contributed by atoms with Gasteiger partial charge in [-0.1, -0.05) is 37.6 Å². The Morgan fingerprint density at radius 2 is 1.74 bits per heavy atom. The standard InChI is InChI=1S/C26H29ClN2O5S/c1-16(2)12-19-6-9-21(10-7-19)35(32,33)25-17(3)13-18(4)29(26(25)31)15-24(30)28-20-8-11-23(34-5)22(27)14-20/h6-11,13-14,16H,12,15H2,1-5H3,(H,28,30). The summed E-state index contributed by atoms with van der Waals surface area (Å²) in [6.07, 6.45) is 0.825. The second-order valence-corrected chi connectivity index (χ2v) is 11.1. The first-order chi connectivity index (χ1) is 16.4. The zero-order valence-electron chi connectivity index (χ0n) is 20.4. The number of methoxy groups -OCH3 is 1. The van der Waals surface area contributed by atoms with E-state index in [0.717, 1.165) is 16.6 Å². The van der Waals surface area contributed by atoms with E-state index in [4.69, 9.17) is 16.3 Å². The molecule has 3 rings (SSSR count). The third kappa shape index (κ3) is 5.94. The summed E-state index contributed by atoms with van der Waals surface area (Å²) < 4.78 is 33.1. The van der Waals surface area contributed by atoms with E-state index in [1.807, 2.05) is 0 Å². The van der Waals surface area contributed by atoms with Gasteiger partial charge in [0.2, 0.25) is 15.7 Å². The van der Waals surface area contributed by atoms with Crippen LogP contribution in [0.25, 0.3) is 0 Å². The Bertz CT molecular complexity index is 1410. The van der Waals surface area contributed by atoms with Crippen LogP contribution in [0.3, 0.4) is 0 Å². The number of aromatic nitrogens is 1. The average Bonchev–Trinajstić information content (AvgIpc) is 2.76. The molecule has 7 nitrogen and oxygen atoms in total. The predicted molar refractivity (Wildman–Crippen MR) is 137 cm³/mol. The summed E-state index contributed by atoms with van der Waals surface area (Å²) in [6, 6.07) is 12.9. The van der Waals surface area contributed by atoms with Crippen molar-refractivity contribution in [1.82, 2.24) is 4.57 Å². The molecule has 0 bridgehead atoms. The van der Waals surface area contributed by atoms with E-state index >= 15 is 0 Å². The van der Waals surface area contributed by atoms with Gasteiger partial charge in [-0.05, 0) is 73.7 Å². The molecule has 1 aromatic heterocycles. The lowest BCUT2D eigenvalue weighted by atomic mass is 10.0. The number of carbonyl (C=O) groups excluding carboxylic acids is 1. The van der Waals surface area contributed by atoms with Gasteiger partial charge < -0.3 is 14.6 Å². The molecule has 9 heteroatoms. The van der Waals surface area contributed by atoms with Crippen LogP contribution < -0.4 is 15.6 Å². The summed E-state index contributed by atoms with van der Waals surface area (Å²) in [5.74, 6) is 0.396. The zero-order chi connectivity index (χ0) is 25.9. The quantitative estimate of drug-likeness (QED) is 0.464. The van der Waals surface area contributed by atoms with Crippen molar-refractivity contribution in [2.24, 2.45) is 5.92 Å². The highest BCUT2D eigenvalue weighted by atomic mass is 35.5. The monoisotopic (exact) mass is 516 g/mol. The van der Waals surface area contributed by atoms with E-state index in [0.29, 0.717) is 33.6 Å². The van der Waals surface area contributed by atoms with E-state index in [1.165, 1.54) is 25.3 Å². The van der Waals surface area contributed by atoms with Crippen molar-refractivity contribution in [3.8, 4) is 5.75 Å². The molecule has 186 valence electrons. The molecule has 0 saturated carbocycles. The van der Waals surface area contributed by atoms with Gasteiger partial charge in [0.1, 0.15) is 17.2 Å². The molecule has 0 atom stereocenters. The number of hydrogen-bond donors (Lipinski definition) is 1. The SMILES string of the molecule is COc1ccc(NC(=O)Cn2c(C)cc(C)c(S(=O)(=O)c3ccc(CC(C)C)cc3)c2=O)cc1Cl. The molecule has 1 amide bonds. The molecule has 3 aromatic rings. The van der Waals surface area contributed by atoms with Gasteiger partial charge in [0.25, 0.3) is 5.56 Å². The molecule has 0 fully saturated rings. The van der Waals surface area contributed by atoms with E-state index in [-0.39, 0.29) is 16.3 Å². The van der Waals surface area contributed by atoms with Crippen LogP contribution >= 0.6 is 11.6 Å². The van der Waals surface area contributed by atoms with Crippen molar-refractivity contribution in [3.05, 3.63) is 80.7 Å². The number of sulfone groups is 1. The smallest absolute Gasteiger partial charge is 0.270 e. The maximum absolute atomic E-state index is 13.4. The number of benzene rings is 2. The molecule has 1 heterocycles. The van der Waals surface area contributed by atoms with E-state index in [9.17, 15) is 18.0 Å². The molecule has 0 spiro atoms. The van der Waals surface area contributed by atoms with Crippen LogP contribution in [0.4, 0.5) is 5.69 Å². The molecule has 0 saturated heterocycles.